The summed E-state index contributed by atoms with van der Waals surface area (Å²) in [5.74, 6) is 1.48. The molecule has 0 saturated heterocycles. The Morgan fingerprint density at radius 2 is 1.95 bits per heavy atom. The summed E-state index contributed by atoms with van der Waals surface area (Å²) in [6, 6.07) is 11.7. The highest BCUT2D eigenvalue weighted by molar-refractivity contribution is 5.20. The summed E-state index contributed by atoms with van der Waals surface area (Å²) < 4.78 is 5.78. The van der Waals surface area contributed by atoms with E-state index in [1.54, 1.807) is 0 Å². The second-order valence-electron chi connectivity index (χ2n) is 6.33. The minimum atomic E-state index is 0.666. The normalized spacial score (nSPS) is 25.9. The van der Waals surface area contributed by atoms with Crippen LogP contribution in [0.3, 0.4) is 0 Å². The molecule has 3 atom stereocenters. The lowest BCUT2D eigenvalue weighted by molar-refractivity contribution is 0.101. The van der Waals surface area contributed by atoms with E-state index in [0.29, 0.717) is 6.04 Å². The van der Waals surface area contributed by atoms with Crippen LogP contribution in [0.2, 0.25) is 0 Å². The molecule has 1 N–H and O–H groups in total. The first-order valence-corrected chi connectivity index (χ1v) is 8.65. The molecule has 2 rings (SSSR count). The molecule has 0 aliphatic heterocycles. The molecule has 21 heavy (non-hydrogen) atoms. The Kier molecular flexibility index (Phi) is 7.25. The van der Waals surface area contributed by atoms with Crippen LogP contribution in [0.25, 0.3) is 0 Å². The van der Waals surface area contributed by atoms with Crippen molar-refractivity contribution in [3.63, 3.8) is 0 Å². The first-order chi connectivity index (χ1) is 10.3. The molecule has 2 nitrogen and oxygen atoms in total. The summed E-state index contributed by atoms with van der Waals surface area (Å²) in [6.07, 6.45) is 7.50. The Balaban J connectivity index is 1.84. The predicted octanol–water partition coefficient (Wildman–Crippen LogP) is 4.37. The smallest absolute Gasteiger partial charge is 0.0469 e. The lowest BCUT2D eigenvalue weighted by Gasteiger charge is -2.36. The van der Waals surface area contributed by atoms with Gasteiger partial charge in [-0.2, -0.15) is 0 Å². The number of hydrogen-bond acceptors (Lipinski definition) is 2. The topological polar surface area (TPSA) is 21.3 Å². The quantitative estimate of drug-likeness (QED) is 0.718. The monoisotopic (exact) mass is 289 g/mol. The summed E-state index contributed by atoms with van der Waals surface area (Å²) >= 11 is 0. The molecule has 0 bridgehead atoms. The molecule has 0 amide bonds. The van der Waals surface area contributed by atoms with E-state index in [1.165, 1.54) is 44.1 Å². The van der Waals surface area contributed by atoms with Crippen molar-refractivity contribution in [3.8, 4) is 0 Å². The number of ether oxygens (including phenoxy) is 1. The van der Waals surface area contributed by atoms with E-state index < -0.39 is 0 Å². The molecular weight excluding hydrogens is 258 g/mol. The van der Waals surface area contributed by atoms with E-state index in [-0.39, 0.29) is 0 Å². The molecule has 0 aromatic heterocycles. The summed E-state index contributed by atoms with van der Waals surface area (Å²) in [6.45, 7) is 4.06. The maximum absolute atomic E-state index is 5.78. The first-order valence-electron chi connectivity index (χ1n) is 8.65. The lowest BCUT2D eigenvalue weighted by Crippen LogP contribution is -2.38. The fourth-order valence-electron chi connectivity index (χ4n) is 3.57. The molecule has 3 unspecified atom stereocenters. The molecule has 2 heteroatoms. The maximum atomic E-state index is 5.78. The van der Waals surface area contributed by atoms with Crippen LogP contribution in [-0.2, 0) is 4.74 Å². The van der Waals surface area contributed by atoms with Crippen molar-refractivity contribution in [2.24, 2.45) is 5.92 Å². The molecule has 0 spiro atoms. The van der Waals surface area contributed by atoms with Crippen LogP contribution >= 0.6 is 0 Å². The average Bonchev–Trinajstić information content (AvgIpc) is 2.55. The number of hydrogen-bond donors (Lipinski definition) is 1. The Labute approximate surface area is 130 Å². The van der Waals surface area contributed by atoms with Gasteiger partial charge in [-0.1, -0.05) is 43.7 Å². The molecular formula is C19H31NO. The number of unbranched alkanes of at least 4 members (excludes halogenated alkanes) is 1. The molecule has 118 valence electrons. The lowest BCUT2D eigenvalue weighted by atomic mass is 9.74. The number of benzene rings is 1. The van der Waals surface area contributed by atoms with Gasteiger partial charge in [-0.3, -0.25) is 0 Å². The minimum absolute atomic E-state index is 0.666. The second-order valence-corrected chi connectivity index (χ2v) is 6.33. The van der Waals surface area contributed by atoms with Gasteiger partial charge in [-0.15, -0.1) is 0 Å². The zero-order chi connectivity index (χ0) is 14.9. The van der Waals surface area contributed by atoms with Crippen LogP contribution in [0.5, 0.6) is 0 Å². The summed E-state index contributed by atoms with van der Waals surface area (Å²) in [5, 5.41) is 3.52. The van der Waals surface area contributed by atoms with E-state index in [2.05, 4.69) is 49.6 Å². The predicted molar refractivity (Wildman–Crippen MR) is 89.7 cm³/mol. The SMILES string of the molecule is CCCCOCCC1CC(c2ccccc2)CCC1NC. The number of nitrogens with one attached hydrogen (secondary N) is 1. The fourth-order valence-corrected chi connectivity index (χ4v) is 3.57. The standard InChI is InChI=1S/C19H31NO/c1-3-4-13-21-14-12-18-15-17(10-11-19(18)20-2)16-8-6-5-7-9-16/h5-9,17-20H,3-4,10-15H2,1-2H3. The Bertz CT molecular complexity index is 378. The van der Waals surface area contributed by atoms with E-state index in [9.17, 15) is 0 Å². The highest BCUT2D eigenvalue weighted by Crippen LogP contribution is 2.37. The third-order valence-electron chi connectivity index (χ3n) is 4.90. The van der Waals surface area contributed by atoms with Gasteiger partial charge in [0.25, 0.3) is 0 Å². The van der Waals surface area contributed by atoms with Gasteiger partial charge in [-0.25, -0.2) is 0 Å². The van der Waals surface area contributed by atoms with Gasteiger partial charge in [0.2, 0.25) is 0 Å². The van der Waals surface area contributed by atoms with Crippen LogP contribution in [0, 0.1) is 5.92 Å². The van der Waals surface area contributed by atoms with Crippen LogP contribution < -0.4 is 5.32 Å². The zero-order valence-corrected chi connectivity index (χ0v) is 13.7. The fraction of sp³-hybridized carbons (Fsp3) is 0.684. The number of rotatable bonds is 8. The summed E-state index contributed by atoms with van der Waals surface area (Å²) in [4.78, 5) is 0. The third-order valence-corrected chi connectivity index (χ3v) is 4.90. The van der Waals surface area contributed by atoms with Gasteiger partial charge < -0.3 is 10.1 Å². The van der Waals surface area contributed by atoms with Crippen molar-refractivity contribution in [2.45, 2.75) is 57.4 Å². The first kappa shape index (κ1) is 16.5. The van der Waals surface area contributed by atoms with Crippen molar-refractivity contribution >= 4 is 0 Å². The molecule has 1 aliphatic carbocycles. The Morgan fingerprint density at radius 1 is 1.14 bits per heavy atom. The Morgan fingerprint density at radius 3 is 2.67 bits per heavy atom. The third kappa shape index (κ3) is 5.12. The highest BCUT2D eigenvalue weighted by Gasteiger charge is 2.29. The van der Waals surface area contributed by atoms with Crippen LogP contribution in [0.1, 0.15) is 56.9 Å². The highest BCUT2D eigenvalue weighted by atomic mass is 16.5. The van der Waals surface area contributed by atoms with Crippen molar-refractivity contribution in [1.82, 2.24) is 5.32 Å². The second kappa shape index (κ2) is 9.22. The maximum Gasteiger partial charge on any atom is 0.0469 e. The Hall–Kier alpha value is -0.860. The van der Waals surface area contributed by atoms with Gasteiger partial charge >= 0.3 is 0 Å². The van der Waals surface area contributed by atoms with Crippen molar-refractivity contribution in [1.29, 1.82) is 0 Å². The van der Waals surface area contributed by atoms with E-state index >= 15 is 0 Å². The molecule has 1 saturated carbocycles. The van der Waals surface area contributed by atoms with Gasteiger partial charge in [0.05, 0.1) is 0 Å². The summed E-state index contributed by atoms with van der Waals surface area (Å²) in [7, 11) is 2.11. The molecule has 1 aromatic carbocycles. The van der Waals surface area contributed by atoms with E-state index in [0.717, 1.165) is 25.0 Å². The van der Waals surface area contributed by atoms with Crippen LogP contribution in [0.15, 0.2) is 30.3 Å². The molecule has 1 aromatic rings. The molecule has 1 aliphatic rings. The van der Waals surface area contributed by atoms with Gasteiger partial charge in [-0.05, 0) is 56.6 Å². The van der Waals surface area contributed by atoms with Crippen molar-refractivity contribution in [2.75, 3.05) is 20.3 Å². The largest absolute Gasteiger partial charge is 0.381 e. The van der Waals surface area contributed by atoms with E-state index in [4.69, 9.17) is 4.74 Å². The summed E-state index contributed by atoms with van der Waals surface area (Å²) in [5.41, 5.74) is 1.52. The van der Waals surface area contributed by atoms with Gasteiger partial charge in [0.1, 0.15) is 0 Å². The van der Waals surface area contributed by atoms with Crippen molar-refractivity contribution in [3.05, 3.63) is 35.9 Å². The molecule has 1 fully saturated rings. The van der Waals surface area contributed by atoms with Gasteiger partial charge in [0, 0.05) is 19.3 Å². The van der Waals surface area contributed by atoms with Crippen molar-refractivity contribution < 1.29 is 4.74 Å². The zero-order valence-electron chi connectivity index (χ0n) is 13.7. The van der Waals surface area contributed by atoms with Gasteiger partial charge in [0.15, 0.2) is 0 Å². The average molecular weight is 289 g/mol. The van der Waals surface area contributed by atoms with Crippen LogP contribution in [-0.4, -0.2) is 26.3 Å². The minimum Gasteiger partial charge on any atom is -0.381 e. The van der Waals surface area contributed by atoms with E-state index in [1.807, 2.05) is 0 Å². The molecule has 0 heterocycles. The molecule has 0 radical (unpaired) electrons. The van der Waals surface area contributed by atoms with Crippen LogP contribution in [0.4, 0.5) is 0 Å².